The van der Waals surface area contributed by atoms with E-state index in [4.69, 9.17) is 4.99 Å². The Hall–Kier alpha value is -3.82. The van der Waals surface area contributed by atoms with E-state index in [2.05, 4.69) is 41.3 Å². The summed E-state index contributed by atoms with van der Waals surface area (Å²) in [6, 6.07) is 10.3. The monoisotopic (exact) mass is 602 g/mol. The lowest BCUT2D eigenvalue weighted by atomic mass is 9.75. The maximum absolute atomic E-state index is 14.4. The van der Waals surface area contributed by atoms with Crippen molar-refractivity contribution in [2.45, 2.75) is 83.8 Å². The van der Waals surface area contributed by atoms with Gasteiger partial charge in [0.15, 0.2) is 12.5 Å². The zero-order valence-corrected chi connectivity index (χ0v) is 25.7. The summed E-state index contributed by atoms with van der Waals surface area (Å²) < 4.78 is 28.7. The van der Waals surface area contributed by atoms with Crippen molar-refractivity contribution in [3.63, 3.8) is 0 Å². The summed E-state index contributed by atoms with van der Waals surface area (Å²) in [6.45, 7) is 7.22. The third-order valence-corrected chi connectivity index (χ3v) is 10.0. The molecule has 2 amide bonds. The molecule has 2 heterocycles. The molecule has 0 unspecified atom stereocenters. The van der Waals surface area contributed by atoms with Crippen molar-refractivity contribution in [1.29, 1.82) is 0 Å². The third-order valence-electron chi connectivity index (χ3n) is 10.0. The van der Waals surface area contributed by atoms with Gasteiger partial charge in [0.1, 0.15) is 23.0 Å². The van der Waals surface area contributed by atoms with Gasteiger partial charge in [-0.15, -0.1) is 5.11 Å². The number of nitrogens with one attached hydrogen (secondary N) is 1. The quantitative estimate of drug-likeness (QED) is 0.316. The molecule has 2 aliphatic heterocycles. The molecule has 2 saturated carbocycles. The van der Waals surface area contributed by atoms with Crippen molar-refractivity contribution < 1.29 is 18.4 Å². The normalized spacial score (nSPS) is 24.5. The topological polar surface area (TPSA) is 98.8 Å². The lowest BCUT2D eigenvalue weighted by molar-refractivity contribution is -0.133. The molecule has 0 bridgehead atoms. The molecule has 8 nitrogen and oxygen atoms in total. The number of carbonyl (C=O) groups is 2. The Labute approximate surface area is 257 Å². The van der Waals surface area contributed by atoms with Gasteiger partial charge in [-0.25, -0.2) is 13.8 Å². The van der Waals surface area contributed by atoms with E-state index in [1.54, 1.807) is 12.1 Å². The van der Waals surface area contributed by atoms with Crippen molar-refractivity contribution in [3.05, 3.63) is 70.8 Å². The Kier molecular flexibility index (Phi) is 8.20. The molecular formula is C34H40F2N6O2. The second kappa shape index (κ2) is 11.9. The molecule has 1 spiro atoms. The minimum absolute atomic E-state index is 0.122. The fourth-order valence-corrected chi connectivity index (χ4v) is 6.91. The van der Waals surface area contributed by atoms with Crippen LogP contribution in [0.5, 0.6) is 0 Å². The molecule has 0 radical (unpaired) electrons. The first-order chi connectivity index (χ1) is 21.1. The Morgan fingerprint density at radius 2 is 1.73 bits per heavy atom. The van der Waals surface area contributed by atoms with Gasteiger partial charge in [-0.3, -0.25) is 14.6 Å². The number of rotatable bonds is 10. The summed E-state index contributed by atoms with van der Waals surface area (Å²) in [7, 11) is 0. The minimum Gasteiger partial charge on any atom is -0.345 e. The molecule has 10 heteroatoms. The fraction of sp³-hybridized carbons (Fsp3) is 0.529. The van der Waals surface area contributed by atoms with Crippen LogP contribution in [0.15, 0.2) is 62.7 Å². The lowest BCUT2D eigenvalue weighted by Gasteiger charge is -2.46. The summed E-state index contributed by atoms with van der Waals surface area (Å²) in [5, 5.41) is 10.5. The number of azo groups is 1. The van der Waals surface area contributed by atoms with Crippen molar-refractivity contribution in [1.82, 2.24) is 10.2 Å². The predicted molar refractivity (Wildman–Crippen MR) is 165 cm³/mol. The molecule has 44 heavy (non-hydrogen) atoms. The Bertz CT molecular complexity index is 1500. The van der Waals surface area contributed by atoms with Crippen molar-refractivity contribution in [2.75, 3.05) is 13.2 Å². The molecule has 2 aliphatic carbocycles. The number of carbonyl (C=O) groups excluding carboxylic acids is 2. The third kappa shape index (κ3) is 6.21. The van der Waals surface area contributed by atoms with Crippen molar-refractivity contribution in [3.8, 4) is 0 Å². The summed E-state index contributed by atoms with van der Waals surface area (Å²) in [5.41, 5.74) is 1.16. The number of amides is 2. The highest BCUT2D eigenvalue weighted by molar-refractivity contribution is 6.46. The van der Waals surface area contributed by atoms with Crippen LogP contribution in [0.25, 0.3) is 0 Å². The van der Waals surface area contributed by atoms with Crippen LogP contribution >= 0.6 is 0 Å². The number of hydrogen-bond acceptors (Lipinski definition) is 6. The second-order valence-corrected chi connectivity index (χ2v) is 13.5. The van der Waals surface area contributed by atoms with E-state index in [0.717, 1.165) is 50.2 Å². The number of nitrogens with zero attached hydrogens (tertiary/aromatic N) is 5. The molecule has 0 aromatic heterocycles. The molecule has 0 saturated heterocycles. The molecular weight excluding hydrogens is 562 g/mol. The number of halogens is 2. The maximum Gasteiger partial charge on any atom is 0.275 e. The molecule has 1 atom stereocenters. The number of amidine groups is 1. The number of hydrogen-bond donors (Lipinski definition) is 1. The Morgan fingerprint density at radius 1 is 1.05 bits per heavy atom. The van der Waals surface area contributed by atoms with E-state index >= 15 is 0 Å². The van der Waals surface area contributed by atoms with Crippen LogP contribution in [0.3, 0.4) is 0 Å². The number of aliphatic imine (C=N–C) groups is 2. The van der Waals surface area contributed by atoms with E-state index in [1.807, 2.05) is 17.0 Å². The van der Waals surface area contributed by atoms with Gasteiger partial charge in [-0.05, 0) is 98.4 Å². The Balaban J connectivity index is 1.33. The highest BCUT2D eigenvalue weighted by Gasteiger charge is 2.52. The van der Waals surface area contributed by atoms with E-state index in [0.29, 0.717) is 36.1 Å². The van der Waals surface area contributed by atoms with Gasteiger partial charge >= 0.3 is 0 Å². The van der Waals surface area contributed by atoms with Crippen LogP contribution in [0, 0.1) is 28.9 Å². The highest BCUT2D eigenvalue weighted by Crippen LogP contribution is 2.53. The van der Waals surface area contributed by atoms with Crippen LogP contribution in [0.4, 0.5) is 8.78 Å². The van der Waals surface area contributed by atoms with Crippen LogP contribution in [0.2, 0.25) is 0 Å². The predicted octanol–water partition coefficient (Wildman–Crippen LogP) is 7.01. The van der Waals surface area contributed by atoms with Crippen LogP contribution in [-0.2, 0) is 4.79 Å². The minimum atomic E-state index is -0.789. The smallest absolute Gasteiger partial charge is 0.275 e. The average molecular weight is 603 g/mol. The Morgan fingerprint density at radius 3 is 2.32 bits per heavy atom. The van der Waals surface area contributed by atoms with Gasteiger partial charge < -0.3 is 10.2 Å². The molecule has 6 rings (SSSR count). The largest absolute Gasteiger partial charge is 0.345 e. The summed E-state index contributed by atoms with van der Waals surface area (Å²) >= 11 is 0. The fourth-order valence-electron chi connectivity index (χ4n) is 6.91. The zero-order chi connectivity index (χ0) is 31.1. The maximum atomic E-state index is 14.4. The first kappa shape index (κ1) is 30.2. The van der Waals surface area contributed by atoms with E-state index in [1.165, 1.54) is 12.1 Å². The molecule has 2 aromatic rings. The first-order valence-electron chi connectivity index (χ1n) is 15.7. The van der Waals surface area contributed by atoms with Crippen LogP contribution in [-0.4, -0.2) is 47.1 Å². The van der Waals surface area contributed by atoms with Crippen molar-refractivity contribution >= 4 is 23.4 Å². The van der Waals surface area contributed by atoms with E-state index in [-0.39, 0.29) is 47.8 Å². The van der Waals surface area contributed by atoms with Gasteiger partial charge in [0, 0.05) is 17.2 Å². The second-order valence-electron chi connectivity index (χ2n) is 13.5. The van der Waals surface area contributed by atoms with Gasteiger partial charge in [0.05, 0.1) is 12.6 Å². The lowest BCUT2D eigenvalue weighted by Crippen LogP contribution is -2.51. The molecule has 232 valence electrons. The summed E-state index contributed by atoms with van der Waals surface area (Å²) in [6.07, 6.45) is 7.21. The molecule has 1 N–H and O–H groups in total. The number of benzene rings is 2. The zero-order valence-electron chi connectivity index (χ0n) is 25.7. The average Bonchev–Trinajstić information content (AvgIpc) is 3.38. The van der Waals surface area contributed by atoms with E-state index < -0.39 is 17.3 Å². The van der Waals surface area contributed by atoms with E-state index in [9.17, 15) is 18.4 Å². The SMILES string of the molecule is CC(C)C1CCC2(CC1)N=C(c1cc(F)cc(F)c1)C(=O)N2[C@H](CCC1(C)CC1)c1ccc(C(=O)NCC2=NCN=N2)cc1. The highest BCUT2D eigenvalue weighted by atomic mass is 19.1. The molecule has 2 fully saturated rings. The molecule has 2 aromatic carbocycles. The first-order valence-corrected chi connectivity index (χ1v) is 15.7. The standard InChI is InChI=1S/C34H40F2N6O2/c1-21(2)22-8-12-34(13-9-22)40-30(25-16-26(35)18-27(36)17-25)32(44)42(34)28(10-11-33(3)14-15-33)23-4-6-24(7-5-23)31(43)37-19-29-38-20-39-41-29/h4-7,16-18,21-22,28H,8-15,19-20H2,1-3H3,(H,37,43)/t22?,28-,34?/m1/s1. The van der Waals surface area contributed by atoms with Crippen molar-refractivity contribution in [2.24, 2.45) is 37.5 Å². The summed E-state index contributed by atoms with van der Waals surface area (Å²) in [4.78, 5) is 38.4. The van der Waals surface area contributed by atoms with Gasteiger partial charge in [0.25, 0.3) is 11.8 Å². The van der Waals surface area contributed by atoms with Crippen LogP contribution < -0.4 is 5.32 Å². The van der Waals surface area contributed by atoms with Gasteiger partial charge in [-0.1, -0.05) is 32.9 Å². The van der Waals surface area contributed by atoms with Gasteiger partial charge in [0.2, 0.25) is 0 Å². The molecule has 4 aliphatic rings. The van der Waals surface area contributed by atoms with Gasteiger partial charge in [-0.2, -0.15) is 5.11 Å². The van der Waals surface area contributed by atoms with Crippen LogP contribution in [0.1, 0.15) is 99.7 Å². The summed E-state index contributed by atoms with van der Waals surface area (Å²) in [5.74, 6) is -0.473.